The second kappa shape index (κ2) is 13.9. The fourth-order valence-electron chi connectivity index (χ4n) is 4.19. The van der Waals surface area contributed by atoms with Crippen LogP contribution in [0, 0.1) is 0 Å². The fraction of sp³-hybridized carbons (Fsp3) is 0.370. The summed E-state index contributed by atoms with van der Waals surface area (Å²) in [7, 11) is 1.02. The summed E-state index contributed by atoms with van der Waals surface area (Å²) >= 11 is 0. The summed E-state index contributed by atoms with van der Waals surface area (Å²) in [5, 5.41) is 0. The zero-order valence-electron chi connectivity index (χ0n) is 22.7. The van der Waals surface area contributed by atoms with Crippen LogP contribution in [-0.2, 0) is 31.7 Å². The number of benzene rings is 2. The summed E-state index contributed by atoms with van der Waals surface area (Å²) in [5.74, 6) is 2.32. The molecule has 0 spiro atoms. The van der Waals surface area contributed by atoms with E-state index in [1.165, 1.54) is 13.4 Å². The molecule has 3 heterocycles. The number of hydrogen-bond acceptors (Lipinski definition) is 12. The lowest BCUT2D eigenvalue weighted by molar-refractivity contribution is -0.0193. The van der Waals surface area contributed by atoms with Gasteiger partial charge < -0.3 is 29.0 Å². The van der Waals surface area contributed by atoms with Gasteiger partial charge in [0.25, 0.3) is 0 Å². The van der Waals surface area contributed by atoms with Crippen molar-refractivity contribution in [2.45, 2.75) is 38.4 Å². The highest BCUT2D eigenvalue weighted by Crippen LogP contribution is 2.53. The number of fused-ring (bicyclic) bond motifs is 1. The lowest BCUT2D eigenvalue weighted by Crippen LogP contribution is -2.38. The second-order valence-electron chi connectivity index (χ2n) is 9.34. The van der Waals surface area contributed by atoms with Crippen molar-refractivity contribution < 1.29 is 27.8 Å². The summed E-state index contributed by atoms with van der Waals surface area (Å²) < 4.78 is 46.3. The van der Waals surface area contributed by atoms with E-state index in [1.807, 2.05) is 47.9 Å². The van der Waals surface area contributed by atoms with Gasteiger partial charge in [0, 0.05) is 11.5 Å². The van der Waals surface area contributed by atoms with Gasteiger partial charge in [0.1, 0.15) is 17.9 Å². The van der Waals surface area contributed by atoms with E-state index in [1.54, 1.807) is 46.1 Å². The minimum atomic E-state index is -3.86. The molecule has 1 unspecified atom stereocenters. The van der Waals surface area contributed by atoms with E-state index < -0.39 is 13.7 Å². The SMILES string of the molecule is COc1ccccc1OP(=O)(CO[C@H](C)Cn1cnc2c(N)ncnc21)O[C@H]1CSSC[C@@H]1OCc1ccccc1. The Labute approximate surface area is 246 Å². The number of methoxy groups -OCH3 is 1. The van der Waals surface area contributed by atoms with Gasteiger partial charge in [-0.05, 0) is 24.6 Å². The van der Waals surface area contributed by atoms with Crippen molar-refractivity contribution in [1.29, 1.82) is 0 Å². The molecular formula is C27H32N5O6PS2. The molecule has 1 fully saturated rings. The minimum Gasteiger partial charge on any atom is -0.493 e. The van der Waals surface area contributed by atoms with Gasteiger partial charge in [0.15, 0.2) is 29.3 Å². The van der Waals surface area contributed by atoms with Gasteiger partial charge >= 0.3 is 7.60 Å². The van der Waals surface area contributed by atoms with Crippen LogP contribution >= 0.6 is 29.2 Å². The van der Waals surface area contributed by atoms with E-state index in [0.717, 1.165) is 5.56 Å². The van der Waals surface area contributed by atoms with E-state index in [-0.39, 0.29) is 18.6 Å². The smallest absolute Gasteiger partial charge is 0.405 e. The zero-order valence-corrected chi connectivity index (χ0v) is 25.2. The summed E-state index contributed by atoms with van der Waals surface area (Å²) in [6, 6.07) is 16.9. The fourth-order valence-corrected chi connectivity index (χ4v) is 8.39. The van der Waals surface area contributed by atoms with Gasteiger partial charge in [0.2, 0.25) is 0 Å². The molecule has 0 aliphatic carbocycles. The van der Waals surface area contributed by atoms with Crippen molar-refractivity contribution in [2.75, 3.05) is 30.7 Å². The third kappa shape index (κ3) is 7.73. The maximum Gasteiger partial charge on any atom is 0.405 e. The van der Waals surface area contributed by atoms with Crippen LogP contribution in [0.1, 0.15) is 12.5 Å². The third-order valence-electron chi connectivity index (χ3n) is 6.27. The van der Waals surface area contributed by atoms with E-state index in [2.05, 4.69) is 15.0 Å². The lowest BCUT2D eigenvalue weighted by Gasteiger charge is -2.33. The molecule has 5 rings (SSSR count). The molecule has 14 heteroatoms. The predicted octanol–water partition coefficient (Wildman–Crippen LogP) is 5.42. The summed E-state index contributed by atoms with van der Waals surface area (Å²) in [5.41, 5.74) is 8.08. The second-order valence-corrected chi connectivity index (χ2v) is 13.8. The molecule has 218 valence electrons. The maximum absolute atomic E-state index is 14.3. The molecule has 1 saturated heterocycles. The zero-order chi connectivity index (χ0) is 28.7. The standard InChI is InChI=1S/C27H32N5O6PS2/c1-19(12-32-17-31-25-26(28)29-16-30-27(25)32)36-18-39(33,37-22-11-7-6-10-21(22)34-2)38-24-15-41-40-14-23(24)35-13-20-8-4-3-5-9-20/h3-11,16-17,19,23-24H,12-15,18H2,1-2H3,(H2,28,29,30)/t19-,23+,24+,39?/m1/s1. The molecule has 0 bridgehead atoms. The number of hydrogen-bond donors (Lipinski definition) is 1. The number of anilines is 1. The van der Waals surface area contributed by atoms with E-state index >= 15 is 0 Å². The van der Waals surface area contributed by atoms with E-state index in [0.29, 0.717) is 53.1 Å². The van der Waals surface area contributed by atoms with Crippen molar-refractivity contribution in [3.63, 3.8) is 0 Å². The van der Waals surface area contributed by atoms with Crippen LogP contribution in [0.3, 0.4) is 0 Å². The van der Waals surface area contributed by atoms with Gasteiger partial charge in [-0.25, -0.2) is 19.5 Å². The Balaban J connectivity index is 1.31. The minimum absolute atomic E-state index is 0.282. The van der Waals surface area contributed by atoms with Crippen LogP contribution in [0.15, 0.2) is 67.3 Å². The number of aromatic nitrogens is 4. The van der Waals surface area contributed by atoms with Crippen molar-refractivity contribution in [1.82, 2.24) is 19.5 Å². The Morgan fingerprint density at radius 2 is 1.76 bits per heavy atom. The van der Waals surface area contributed by atoms with Crippen molar-refractivity contribution in [3.05, 3.63) is 72.8 Å². The number of nitrogens with two attached hydrogens (primary N) is 1. The molecule has 0 radical (unpaired) electrons. The van der Waals surface area contributed by atoms with Crippen LogP contribution in [0.5, 0.6) is 11.5 Å². The first-order chi connectivity index (χ1) is 19.9. The molecule has 1 aliphatic rings. The highest BCUT2D eigenvalue weighted by Gasteiger charge is 2.38. The Bertz CT molecular complexity index is 1480. The Morgan fingerprint density at radius 1 is 1.02 bits per heavy atom. The molecule has 0 saturated carbocycles. The number of nitrogens with zero attached hydrogens (tertiary/aromatic N) is 4. The molecule has 4 atom stereocenters. The van der Waals surface area contributed by atoms with Gasteiger partial charge in [-0.3, -0.25) is 4.52 Å². The highest BCUT2D eigenvalue weighted by molar-refractivity contribution is 8.76. The molecular weight excluding hydrogens is 585 g/mol. The van der Waals surface area contributed by atoms with Crippen molar-refractivity contribution in [2.24, 2.45) is 0 Å². The first kappa shape index (κ1) is 29.7. The molecule has 2 aromatic carbocycles. The Hall–Kier alpha value is -2.80. The summed E-state index contributed by atoms with van der Waals surface area (Å²) in [4.78, 5) is 12.6. The van der Waals surface area contributed by atoms with Gasteiger partial charge in [-0.15, -0.1) is 0 Å². The number of rotatable bonds is 13. The molecule has 41 heavy (non-hydrogen) atoms. The van der Waals surface area contributed by atoms with Crippen LogP contribution < -0.4 is 15.0 Å². The quantitative estimate of drug-likeness (QED) is 0.152. The summed E-state index contributed by atoms with van der Waals surface area (Å²) in [6.45, 7) is 2.68. The van der Waals surface area contributed by atoms with Crippen molar-refractivity contribution in [3.8, 4) is 11.5 Å². The number of nitrogen functional groups attached to an aromatic ring is 1. The third-order valence-corrected chi connectivity index (χ3v) is 10.2. The normalized spacial score (nSPS) is 19.5. The number of para-hydroxylation sites is 2. The average Bonchev–Trinajstić information content (AvgIpc) is 3.40. The van der Waals surface area contributed by atoms with Crippen LogP contribution in [0.2, 0.25) is 0 Å². The van der Waals surface area contributed by atoms with E-state index in [9.17, 15) is 4.57 Å². The van der Waals surface area contributed by atoms with Gasteiger partial charge in [-0.1, -0.05) is 64.1 Å². The molecule has 2 aromatic heterocycles. The Kier molecular flexibility index (Phi) is 10.1. The van der Waals surface area contributed by atoms with Crippen LogP contribution in [-0.4, -0.2) is 62.8 Å². The van der Waals surface area contributed by atoms with Gasteiger partial charge in [-0.2, -0.15) is 0 Å². The van der Waals surface area contributed by atoms with Crippen molar-refractivity contribution >= 4 is 46.2 Å². The number of ether oxygens (including phenoxy) is 3. The average molecular weight is 618 g/mol. The lowest BCUT2D eigenvalue weighted by atomic mass is 10.2. The van der Waals surface area contributed by atoms with Crippen LogP contribution in [0.4, 0.5) is 5.82 Å². The molecule has 1 aliphatic heterocycles. The molecule has 0 amide bonds. The summed E-state index contributed by atoms with van der Waals surface area (Å²) in [6.07, 6.45) is 1.60. The molecule has 2 N–H and O–H groups in total. The van der Waals surface area contributed by atoms with E-state index in [4.69, 9.17) is 29.0 Å². The molecule has 11 nitrogen and oxygen atoms in total. The van der Waals surface area contributed by atoms with Gasteiger partial charge in [0.05, 0.1) is 38.8 Å². The monoisotopic (exact) mass is 617 g/mol. The highest BCUT2D eigenvalue weighted by atomic mass is 33.1. The topological polar surface area (TPSA) is 133 Å². The first-order valence-corrected chi connectivity index (χ1v) is 17.2. The predicted molar refractivity (Wildman–Crippen MR) is 161 cm³/mol. The largest absolute Gasteiger partial charge is 0.493 e. The maximum atomic E-state index is 14.3. The van der Waals surface area contributed by atoms with Crippen LogP contribution in [0.25, 0.3) is 11.2 Å². The molecule has 4 aromatic rings. The number of imidazole rings is 1. The Morgan fingerprint density at radius 3 is 2.54 bits per heavy atom. The first-order valence-electron chi connectivity index (χ1n) is 13.0.